The number of methoxy groups -OCH3 is 1. The summed E-state index contributed by atoms with van der Waals surface area (Å²) in [5, 5.41) is 4.28. The van der Waals surface area contributed by atoms with Crippen LogP contribution in [-0.4, -0.2) is 71.1 Å². The van der Waals surface area contributed by atoms with Crippen LogP contribution in [0.1, 0.15) is 59.2 Å². The first kappa shape index (κ1) is 25.8. The van der Waals surface area contributed by atoms with Gasteiger partial charge in [0.25, 0.3) is 0 Å². The summed E-state index contributed by atoms with van der Waals surface area (Å²) in [7, 11) is 1.43. The SMILES string of the molecule is COC(=O)[C@@H](Nc1nc(CN2CCN(C3CCC(C(C)C)CC3)CC2)nc2ccccc12)C(C)C. The molecule has 1 saturated heterocycles. The summed E-state index contributed by atoms with van der Waals surface area (Å²) >= 11 is 0. The molecule has 1 aromatic carbocycles. The van der Waals surface area contributed by atoms with Gasteiger partial charge in [-0.2, -0.15) is 0 Å². The minimum absolute atomic E-state index is 0.0725. The number of aromatic nitrogens is 2. The van der Waals surface area contributed by atoms with E-state index in [0.29, 0.717) is 5.82 Å². The molecule has 35 heavy (non-hydrogen) atoms. The number of rotatable bonds is 8. The molecular weight excluding hydrogens is 438 g/mol. The van der Waals surface area contributed by atoms with Gasteiger partial charge < -0.3 is 10.1 Å². The van der Waals surface area contributed by atoms with Crippen molar-refractivity contribution < 1.29 is 9.53 Å². The van der Waals surface area contributed by atoms with E-state index in [1.165, 1.54) is 32.8 Å². The van der Waals surface area contributed by atoms with Gasteiger partial charge >= 0.3 is 5.97 Å². The average molecular weight is 482 g/mol. The van der Waals surface area contributed by atoms with Crippen molar-refractivity contribution in [3.8, 4) is 0 Å². The predicted molar refractivity (Wildman–Crippen MR) is 141 cm³/mol. The van der Waals surface area contributed by atoms with Gasteiger partial charge in [0.15, 0.2) is 0 Å². The summed E-state index contributed by atoms with van der Waals surface area (Å²) in [4.78, 5) is 27.3. The summed E-state index contributed by atoms with van der Waals surface area (Å²) in [5.41, 5.74) is 0.896. The Morgan fingerprint density at radius 2 is 1.71 bits per heavy atom. The Bertz CT molecular complexity index is 978. The molecule has 0 amide bonds. The van der Waals surface area contributed by atoms with Gasteiger partial charge in [0.2, 0.25) is 0 Å². The number of para-hydroxylation sites is 1. The number of piperazine rings is 1. The van der Waals surface area contributed by atoms with Crippen LogP contribution in [0.4, 0.5) is 5.82 Å². The molecule has 4 rings (SSSR count). The molecule has 0 bridgehead atoms. The molecule has 1 aromatic heterocycles. The van der Waals surface area contributed by atoms with Crippen LogP contribution in [0, 0.1) is 17.8 Å². The highest BCUT2D eigenvalue weighted by Crippen LogP contribution is 2.32. The molecule has 192 valence electrons. The van der Waals surface area contributed by atoms with E-state index in [1.807, 2.05) is 38.1 Å². The topological polar surface area (TPSA) is 70.6 Å². The largest absolute Gasteiger partial charge is 0.467 e. The van der Waals surface area contributed by atoms with Gasteiger partial charge in [0.05, 0.1) is 19.2 Å². The van der Waals surface area contributed by atoms with Crippen molar-refractivity contribution in [1.29, 1.82) is 0 Å². The smallest absolute Gasteiger partial charge is 0.328 e. The summed E-state index contributed by atoms with van der Waals surface area (Å²) in [6, 6.07) is 8.29. The second-order valence-electron chi connectivity index (χ2n) is 11.0. The Balaban J connectivity index is 1.41. The van der Waals surface area contributed by atoms with E-state index in [9.17, 15) is 4.79 Å². The second-order valence-corrected chi connectivity index (χ2v) is 11.0. The van der Waals surface area contributed by atoms with E-state index < -0.39 is 6.04 Å². The molecule has 7 heteroatoms. The number of nitrogens with one attached hydrogen (secondary N) is 1. The summed E-state index contributed by atoms with van der Waals surface area (Å²) < 4.78 is 5.03. The Morgan fingerprint density at radius 3 is 2.34 bits per heavy atom. The molecule has 2 aliphatic rings. The molecular formula is C28H43N5O2. The first-order valence-electron chi connectivity index (χ1n) is 13.4. The van der Waals surface area contributed by atoms with E-state index >= 15 is 0 Å². The van der Waals surface area contributed by atoms with E-state index in [4.69, 9.17) is 14.7 Å². The van der Waals surface area contributed by atoms with Gasteiger partial charge in [-0.05, 0) is 55.6 Å². The normalized spacial score (nSPS) is 23.1. The molecule has 2 aromatic rings. The third-order valence-electron chi connectivity index (χ3n) is 8.04. The standard InChI is InChI=1S/C28H43N5O2/c1-19(2)21-10-12-22(13-11-21)33-16-14-32(15-17-33)18-25-29-24-9-7-6-8-23(24)27(30-25)31-26(20(3)4)28(34)35-5/h6-9,19-22,26H,10-18H2,1-5H3,(H,29,30,31)/t21?,22?,26-/m0/s1. The maximum atomic E-state index is 12.4. The average Bonchev–Trinajstić information content (AvgIpc) is 2.87. The summed E-state index contributed by atoms with van der Waals surface area (Å²) in [6.07, 6.45) is 5.46. The first-order chi connectivity index (χ1) is 16.9. The lowest BCUT2D eigenvalue weighted by molar-refractivity contribution is -0.142. The lowest BCUT2D eigenvalue weighted by Gasteiger charge is -2.42. The van der Waals surface area contributed by atoms with Crippen molar-refractivity contribution in [2.45, 2.75) is 72.0 Å². The molecule has 1 atom stereocenters. The van der Waals surface area contributed by atoms with Crippen LogP contribution in [0.25, 0.3) is 10.9 Å². The molecule has 1 saturated carbocycles. The van der Waals surface area contributed by atoms with Crippen LogP contribution >= 0.6 is 0 Å². The molecule has 1 N–H and O–H groups in total. The molecule has 2 fully saturated rings. The Morgan fingerprint density at radius 1 is 1.03 bits per heavy atom. The fraction of sp³-hybridized carbons (Fsp3) is 0.679. The van der Waals surface area contributed by atoms with Crippen LogP contribution in [0.15, 0.2) is 24.3 Å². The summed E-state index contributed by atoms with van der Waals surface area (Å²) in [5.74, 6) is 3.03. The molecule has 0 spiro atoms. The fourth-order valence-electron chi connectivity index (χ4n) is 5.70. The zero-order chi connectivity index (χ0) is 24.9. The van der Waals surface area contributed by atoms with Crippen molar-refractivity contribution in [2.75, 3.05) is 38.6 Å². The highest BCUT2D eigenvalue weighted by molar-refractivity contribution is 5.91. The number of nitrogens with zero attached hydrogens (tertiary/aromatic N) is 4. The van der Waals surface area contributed by atoms with Crippen LogP contribution < -0.4 is 5.32 Å². The molecule has 2 heterocycles. The van der Waals surface area contributed by atoms with Crippen LogP contribution in [0.2, 0.25) is 0 Å². The van der Waals surface area contributed by atoms with Crippen molar-refractivity contribution in [1.82, 2.24) is 19.8 Å². The van der Waals surface area contributed by atoms with E-state index in [1.54, 1.807) is 0 Å². The summed E-state index contributed by atoms with van der Waals surface area (Å²) in [6.45, 7) is 13.8. The number of carbonyl (C=O) groups excluding carboxylic acids is 1. The zero-order valence-electron chi connectivity index (χ0n) is 22.2. The van der Waals surface area contributed by atoms with Crippen molar-refractivity contribution in [3.63, 3.8) is 0 Å². The quantitative estimate of drug-likeness (QED) is 0.554. The number of fused-ring (bicyclic) bond motifs is 1. The molecule has 7 nitrogen and oxygen atoms in total. The fourth-order valence-corrected chi connectivity index (χ4v) is 5.70. The second kappa shape index (κ2) is 11.7. The van der Waals surface area contributed by atoms with Gasteiger partial charge in [-0.25, -0.2) is 14.8 Å². The van der Waals surface area contributed by atoms with Crippen LogP contribution in [-0.2, 0) is 16.1 Å². The molecule has 1 aliphatic heterocycles. The molecule has 1 aliphatic carbocycles. The number of hydrogen-bond donors (Lipinski definition) is 1. The van der Waals surface area contributed by atoms with E-state index in [2.05, 4.69) is 29.0 Å². The van der Waals surface area contributed by atoms with Crippen molar-refractivity contribution in [3.05, 3.63) is 30.1 Å². The monoisotopic (exact) mass is 481 g/mol. The maximum absolute atomic E-state index is 12.4. The van der Waals surface area contributed by atoms with E-state index in [-0.39, 0.29) is 11.9 Å². The minimum Gasteiger partial charge on any atom is -0.467 e. The third-order valence-corrected chi connectivity index (χ3v) is 8.04. The zero-order valence-corrected chi connectivity index (χ0v) is 22.2. The number of carbonyl (C=O) groups is 1. The highest BCUT2D eigenvalue weighted by atomic mass is 16.5. The molecule has 0 unspecified atom stereocenters. The maximum Gasteiger partial charge on any atom is 0.328 e. The predicted octanol–water partition coefficient (Wildman–Crippen LogP) is 4.57. The number of esters is 1. The number of anilines is 1. The Labute approximate surface area is 210 Å². The van der Waals surface area contributed by atoms with Crippen molar-refractivity contribution >= 4 is 22.7 Å². The lowest BCUT2D eigenvalue weighted by atomic mass is 9.79. The Hall–Kier alpha value is -2.25. The van der Waals surface area contributed by atoms with Gasteiger partial charge in [-0.1, -0.05) is 39.8 Å². The van der Waals surface area contributed by atoms with Gasteiger partial charge in [0, 0.05) is 37.6 Å². The third kappa shape index (κ3) is 6.31. The van der Waals surface area contributed by atoms with Gasteiger partial charge in [-0.15, -0.1) is 0 Å². The van der Waals surface area contributed by atoms with Crippen LogP contribution in [0.5, 0.6) is 0 Å². The molecule has 0 radical (unpaired) electrons. The lowest BCUT2D eigenvalue weighted by Crippen LogP contribution is -2.51. The van der Waals surface area contributed by atoms with Gasteiger partial charge in [-0.3, -0.25) is 9.80 Å². The first-order valence-corrected chi connectivity index (χ1v) is 13.4. The van der Waals surface area contributed by atoms with Crippen LogP contribution in [0.3, 0.4) is 0 Å². The van der Waals surface area contributed by atoms with Gasteiger partial charge in [0.1, 0.15) is 17.7 Å². The number of benzene rings is 1. The Kier molecular flexibility index (Phi) is 8.60. The number of hydrogen-bond acceptors (Lipinski definition) is 7. The number of ether oxygens (including phenoxy) is 1. The van der Waals surface area contributed by atoms with E-state index in [0.717, 1.165) is 67.3 Å². The minimum atomic E-state index is -0.458. The van der Waals surface area contributed by atoms with Crippen molar-refractivity contribution in [2.24, 2.45) is 17.8 Å². The highest BCUT2D eigenvalue weighted by Gasteiger charge is 2.30.